The van der Waals surface area contributed by atoms with Crippen molar-refractivity contribution in [3.63, 3.8) is 0 Å². The maximum absolute atomic E-state index is 11.2. The summed E-state index contributed by atoms with van der Waals surface area (Å²) in [5, 5.41) is 21.9. The number of rotatable bonds is 3. The van der Waals surface area contributed by atoms with Gasteiger partial charge in [-0.2, -0.15) is 0 Å². The molecule has 0 atom stereocenters. The number of aromatic nitrogens is 1. The number of furan rings is 1. The number of nitrogens with zero attached hydrogens (tertiary/aromatic N) is 1. The number of hydrogen-bond acceptors (Lipinski definition) is 6. The van der Waals surface area contributed by atoms with E-state index >= 15 is 0 Å². The Kier molecular flexibility index (Phi) is 3.78. The smallest absolute Gasteiger partial charge is 0.411 e. The SMILES string of the molecule is CC(=O)Oc1c(NC(=O)O)oc(-c2ccnc3ccccc23)c1O. The lowest BCUT2D eigenvalue weighted by atomic mass is 10.1. The second kappa shape index (κ2) is 5.92. The highest BCUT2D eigenvalue weighted by molar-refractivity contribution is 5.96. The van der Waals surface area contributed by atoms with Gasteiger partial charge in [0.2, 0.25) is 11.5 Å². The van der Waals surface area contributed by atoms with Crippen LogP contribution in [0, 0.1) is 0 Å². The van der Waals surface area contributed by atoms with Crippen LogP contribution < -0.4 is 10.1 Å². The van der Waals surface area contributed by atoms with Crippen molar-refractivity contribution in [2.75, 3.05) is 5.32 Å². The van der Waals surface area contributed by atoms with E-state index in [-0.39, 0.29) is 17.4 Å². The maximum atomic E-state index is 11.2. The fourth-order valence-electron chi connectivity index (χ4n) is 2.30. The molecular formula is C16H12N2O6. The molecule has 0 saturated carbocycles. The molecule has 122 valence electrons. The molecule has 0 spiro atoms. The van der Waals surface area contributed by atoms with Gasteiger partial charge in [0.15, 0.2) is 5.76 Å². The molecule has 1 aromatic carbocycles. The Morgan fingerprint density at radius 2 is 2.00 bits per heavy atom. The zero-order chi connectivity index (χ0) is 17.3. The van der Waals surface area contributed by atoms with E-state index in [0.717, 1.165) is 6.92 Å². The Morgan fingerprint density at radius 3 is 2.71 bits per heavy atom. The first-order valence-electron chi connectivity index (χ1n) is 6.85. The predicted octanol–water partition coefficient (Wildman–Crippen LogP) is 3.22. The molecule has 0 aliphatic carbocycles. The van der Waals surface area contributed by atoms with E-state index in [2.05, 4.69) is 4.98 Å². The van der Waals surface area contributed by atoms with Crippen molar-refractivity contribution in [3.05, 3.63) is 36.5 Å². The number of para-hydroxylation sites is 1. The number of fused-ring (bicyclic) bond motifs is 1. The minimum Gasteiger partial charge on any atom is -0.502 e. The van der Waals surface area contributed by atoms with Crippen molar-refractivity contribution in [2.24, 2.45) is 0 Å². The van der Waals surface area contributed by atoms with Crippen molar-refractivity contribution >= 4 is 28.8 Å². The minimum absolute atomic E-state index is 0.0337. The molecule has 8 heteroatoms. The summed E-state index contributed by atoms with van der Waals surface area (Å²) in [5.41, 5.74) is 1.14. The molecule has 1 amide bonds. The van der Waals surface area contributed by atoms with Crippen LogP contribution >= 0.6 is 0 Å². The van der Waals surface area contributed by atoms with Gasteiger partial charge in [0.25, 0.3) is 5.88 Å². The van der Waals surface area contributed by atoms with Crippen molar-refractivity contribution in [1.29, 1.82) is 0 Å². The number of esters is 1. The van der Waals surface area contributed by atoms with Crippen LogP contribution in [0.25, 0.3) is 22.2 Å². The molecular weight excluding hydrogens is 316 g/mol. The number of ether oxygens (including phenoxy) is 1. The van der Waals surface area contributed by atoms with Gasteiger partial charge in [0.05, 0.1) is 5.52 Å². The first-order valence-corrected chi connectivity index (χ1v) is 6.85. The summed E-state index contributed by atoms with van der Waals surface area (Å²) >= 11 is 0. The van der Waals surface area contributed by atoms with E-state index in [1.807, 2.05) is 11.4 Å². The van der Waals surface area contributed by atoms with E-state index in [4.69, 9.17) is 14.3 Å². The first kappa shape index (κ1) is 15.3. The number of nitrogens with one attached hydrogen (secondary N) is 1. The van der Waals surface area contributed by atoms with Crippen LogP contribution in [0.3, 0.4) is 0 Å². The van der Waals surface area contributed by atoms with Crippen LogP contribution in [0.15, 0.2) is 40.9 Å². The van der Waals surface area contributed by atoms with Crippen LogP contribution in [0.5, 0.6) is 11.5 Å². The third-order valence-corrected chi connectivity index (χ3v) is 3.20. The number of hydrogen-bond donors (Lipinski definition) is 3. The van der Waals surface area contributed by atoms with Gasteiger partial charge < -0.3 is 19.4 Å². The fraction of sp³-hybridized carbons (Fsp3) is 0.0625. The normalized spacial score (nSPS) is 10.5. The van der Waals surface area contributed by atoms with Gasteiger partial charge in [-0.1, -0.05) is 18.2 Å². The third-order valence-electron chi connectivity index (χ3n) is 3.20. The summed E-state index contributed by atoms with van der Waals surface area (Å²) in [6.45, 7) is 1.12. The Morgan fingerprint density at radius 1 is 1.25 bits per heavy atom. The summed E-state index contributed by atoms with van der Waals surface area (Å²) in [4.78, 5) is 26.3. The number of anilines is 1. The highest BCUT2D eigenvalue weighted by atomic mass is 16.6. The summed E-state index contributed by atoms with van der Waals surface area (Å²) < 4.78 is 10.3. The average molecular weight is 328 g/mol. The second-order valence-electron chi connectivity index (χ2n) is 4.84. The van der Waals surface area contributed by atoms with E-state index in [9.17, 15) is 14.7 Å². The van der Waals surface area contributed by atoms with Crippen LogP contribution in [0.4, 0.5) is 10.7 Å². The molecule has 0 unspecified atom stereocenters. The van der Waals surface area contributed by atoms with Crippen LogP contribution in [-0.2, 0) is 4.79 Å². The van der Waals surface area contributed by atoms with Crippen LogP contribution in [0.1, 0.15) is 6.92 Å². The van der Waals surface area contributed by atoms with E-state index in [0.29, 0.717) is 16.5 Å². The highest BCUT2D eigenvalue weighted by Gasteiger charge is 2.26. The summed E-state index contributed by atoms with van der Waals surface area (Å²) in [6, 6.07) is 8.75. The molecule has 0 saturated heterocycles. The van der Waals surface area contributed by atoms with Crippen LogP contribution in [-0.4, -0.2) is 27.3 Å². The fourth-order valence-corrected chi connectivity index (χ4v) is 2.30. The van der Waals surface area contributed by atoms with Gasteiger partial charge in [0, 0.05) is 24.1 Å². The van der Waals surface area contributed by atoms with Gasteiger partial charge in [-0.3, -0.25) is 15.1 Å². The molecule has 3 aromatic rings. The van der Waals surface area contributed by atoms with Crippen molar-refractivity contribution in [1.82, 2.24) is 4.98 Å². The average Bonchev–Trinajstić information content (AvgIpc) is 2.82. The molecule has 0 aliphatic rings. The number of carbonyl (C=O) groups is 2. The molecule has 24 heavy (non-hydrogen) atoms. The highest BCUT2D eigenvalue weighted by Crippen LogP contribution is 2.47. The summed E-state index contributed by atoms with van der Waals surface area (Å²) in [6.07, 6.45) is 0.0957. The number of carboxylic acid groups (broad SMARTS) is 1. The molecule has 0 bridgehead atoms. The van der Waals surface area contributed by atoms with Crippen molar-refractivity contribution < 1.29 is 29.0 Å². The molecule has 8 nitrogen and oxygen atoms in total. The topological polar surface area (TPSA) is 122 Å². The van der Waals surface area contributed by atoms with Gasteiger partial charge in [-0.25, -0.2) is 4.79 Å². The van der Waals surface area contributed by atoms with Gasteiger partial charge in [0.1, 0.15) is 0 Å². The predicted molar refractivity (Wildman–Crippen MR) is 84.1 cm³/mol. The molecule has 3 rings (SSSR count). The number of carbonyl (C=O) groups excluding carboxylic acids is 1. The minimum atomic E-state index is -1.43. The molecule has 2 aromatic heterocycles. The Labute approximate surface area is 135 Å². The molecule has 0 fully saturated rings. The number of aromatic hydroxyl groups is 1. The largest absolute Gasteiger partial charge is 0.502 e. The number of benzene rings is 1. The van der Waals surface area contributed by atoms with Crippen molar-refractivity contribution in [2.45, 2.75) is 6.92 Å². The Bertz CT molecular complexity index is 942. The quantitative estimate of drug-likeness (QED) is 0.631. The Hall–Kier alpha value is -3.55. The maximum Gasteiger partial charge on any atom is 0.411 e. The Balaban J connectivity index is 2.22. The van der Waals surface area contributed by atoms with Gasteiger partial charge in [-0.15, -0.1) is 0 Å². The van der Waals surface area contributed by atoms with Crippen molar-refractivity contribution in [3.8, 4) is 22.8 Å². The molecule has 0 aliphatic heterocycles. The van der Waals surface area contributed by atoms with E-state index in [1.165, 1.54) is 6.20 Å². The zero-order valence-electron chi connectivity index (χ0n) is 12.4. The van der Waals surface area contributed by atoms with E-state index < -0.39 is 17.8 Å². The molecule has 0 radical (unpaired) electrons. The lowest BCUT2D eigenvalue weighted by molar-refractivity contribution is -0.132. The van der Waals surface area contributed by atoms with E-state index in [1.54, 1.807) is 24.3 Å². The van der Waals surface area contributed by atoms with Gasteiger partial charge >= 0.3 is 12.1 Å². The second-order valence-corrected chi connectivity index (χ2v) is 4.84. The standard InChI is InChI=1S/C16H12N2O6/c1-8(19)23-14-12(20)13(24-15(14)18-16(21)22)10-6-7-17-11-5-3-2-4-9(10)11/h2-7,18,20H,1H3,(H,21,22). The zero-order valence-corrected chi connectivity index (χ0v) is 12.4. The monoisotopic (exact) mass is 328 g/mol. The lowest BCUT2D eigenvalue weighted by Gasteiger charge is -2.03. The summed E-state index contributed by atoms with van der Waals surface area (Å²) in [7, 11) is 0. The summed E-state index contributed by atoms with van der Waals surface area (Å²) in [5.74, 6) is -2.02. The van der Waals surface area contributed by atoms with Gasteiger partial charge in [-0.05, 0) is 12.1 Å². The molecule has 3 N–H and O–H groups in total. The lowest BCUT2D eigenvalue weighted by Crippen LogP contribution is -2.09. The number of pyridine rings is 1. The number of amides is 1. The van der Waals surface area contributed by atoms with Crippen LogP contribution in [0.2, 0.25) is 0 Å². The first-order chi connectivity index (χ1) is 11.5. The third kappa shape index (κ3) is 2.72. The molecule has 2 heterocycles.